The Hall–Kier alpha value is -2.05. The standard InChI is InChI=1S/C14H15N3O2S/c1-3-19-14(18)12-8-11(9-16)13(17-10(12)2)20-7-5-4-6-15/h8H,3-5,7H2,1-2H3. The molecule has 0 amide bonds. The van der Waals surface area contributed by atoms with Crippen molar-refractivity contribution in [1.29, 1.82) is 10.5 Å². The average Bonchev–Trinajstić information content (AvgIpc) is 2.44. The minimum atomic E-state index is -0.463. The lowest BCUT2D eigenvalue weighted by Gasteiger charge is -2.08. The van der Waals surface area contributed by atoms with Crippen molar-refractivity contribution in [2.24, 2.45) is 0 Å². The zero-order valence-corrected chi connectivity index (χ0v) is 12.3. The Morgan fingerprint density at radius 3 is 2.85 bits per heavy atom. The predicted molar refractivity (Wildman–Crippen MR) is 75.2 cm³/mol. The molecule has 5 nitrogen and oxygen atoms in total. The number of rotatable bonds is 6. The van der Waals surface area contributed by atoms with Gasteiger partial charge in [0.25, 0.3) is 0 Å². The maximum atomic E-state index is 11.7. The average molecular weight is 289 g/mol. The summed E-state index contributed by atoms with van der Waals surface area (Å²) in [5.41, 5.74) is 1.23. The number of unbranched alkanes of at least 4 members (excludes halogenated alkanes) is 1. The quantitative estimate of drug-likeness (QED) is 0.454. The van der Waals surface area contributed by atoms with E-state index in [9.17, 15) is 4.79 Å². The Morgan fingerprint density at radius 1 is 1.50 bits per heavy atom. The molecule has 0 aliphatic rings. The van der Waals surface area contributed by atoms with Crippen LogP contribution >= 0.6 is 11.8 Å². The largest absolute Gasteiger partial charge is 0.462 e. The van der Waals surface area contributed by atoms with Gasteiger partial charge in [0.1, 0.15) is 11.1 Å². The van der Waals surface area contributed by atoms with Gasteiger partial charge in [0.15, 0.2) is 0 Å². The summed E-state index contributed by atoms with van der Waals surface area (Å²) in [6, 6.07) is 5.64. The van der Waals surface area contributed by atoms with E-state index < -0.39 is 5.97 Å². The van der Waals surface area contributed by atoms with Crippen molar-refractivity contribution >= 4 is 17.7 Å². The van der Waals surface area contributed by atoms with Crippen LogP contribution in [0.4, 0.5) is 0 Å². The first kappa shape index (κ1) is 16.0. The minimum absolute atomic E-state index is 0.283. The highest BCUT2D eigenvalue weighted by atomic mass is 32.2. The van der Waals surface area contributed by atoms with Gasteiger partial charge in [0.2, 0.25) is 0 Å². The highest BCUT2D eigenvalue weighted by molar-refractivity contribution is 7.99. The van der Waals surface area contributed by atoms with Crippen LogP contribution in [0.5, 0.6) is 0 Å². The lowest BCUT2D eigenvalue weighted by atomic mass is 10.1. The van der Waals surface area contributed by atoms with Gasteiger partial charge in [-0.25, -0.2) is 9.78 Å². The number of carbonyl (C=O) groups is 1. The topological polar surface area (TPSA) is 86.8 Å². The molecule has 6 heteroatoms. The van der Waals surface area contributed by atoms with Gasteiger partial charge in [0, 0.05) is 12.2 Å². The zero-order chi connectivity index (χ0) is 15.0. The molecule has 0 aliphatic carbocycles. The lowest BCUT2D eigenvalue weighted by molar-refractivity contribution is 0.0524. The summed E-state index contributed by atoms with van der Waals surface area (Å²) in [7, 11) is 0. The van der Waals surface area contributed by atoms with Crippen molar-refractivity contribution in [1.82, 2.24) is 4.98 Å². The summed E-state index contributed by atoms with van der Waals surface area (Å²) in [5.74, 6) is 0.253. The lowest BCUT2D eigenvalue weighted by Crippen LogP contribution is -2.09. The first-order chi connectivity index (χ1) is 9.63. The molecule has 0 saturated carbocycles. The summed E-state index contributed by atoms with van der Waals surface area (Å²) >= 11 is 1.42. The minimum Gasteiger partial charge on any atom is -0.462 e. The second-order valence-corrected chi connectivity index (χ2v) is 5.00. The van der Waals surface area contributed by atoms with Crippen molar-refractivity contribution in [3.63, 3.8) is 0 Å². The third-order valence-electron chi connectivity index (χ3n) is 2.47. The van der Waals surface area contributed by atoms with E-state index in [0.29, 0.717) is 34.0 Å². The Morgan fingerprint density at radius 2 is 2.25 bits per heavy atom. The highest BCUT2D eigenvalue weighted by Crippen LogP contribution is 2.24. The molecule has 1 heterocycles. The SMILES string of the molecule is CCOC(=O)c1cc(C#N)c(SCCCC#N)nc1C. The molecule has 0 unspecified atom stereocenters. The highest BCUT2D eigenvalue weighted by Gasteiger charge is 2.16. The number of nitrogens with zero attached hydrogens (tertiary/aromatic N) is 3. The molecule has 0 atom stereocenters. The van der Waals surface area contributed by atoms with Gasteiger partial charge in [-0.2, -0.15) is 10.5 Å². The van der Waals surface area contributed by atoms with E-state index >= 15 is 0 Å². The maximum Gasteiger partial charge on any atom is 0.340 e. The molecule has 0 N–H and O–H groups in total. The molecule has 20 heavy (non-hydrogen) atoms. The van der Waals surface area contributed by atoms with Crippen LogP contribution in [0.1, 0.15) is 41.4 Å². The molecule has 0 bridgehead atoms. The number of pyridine rings is 1. The molecule has 0 radical (unpaired) electrons. The zero-order valence-electron chi connectivity index (χ0n) is 11.5. The summed E-state index contributed by atoms with van der Waals surface area (Å²) in [6.45, 7) is 3.73. The molecule has 0 aromatic carbocycles. The van der Waals surface area contributed by atoms with Crippen LogP contribution in [-0.4, -0.2) is 23.3 Å². The first-order valence-electron chi connectivity index (χ1n) is 6.22. The summed E-state index contributed by atoms with van der Waals surface area (Å²) in [4.78, 5) is 16.0. The molecule has 0 fully saturated rings. The summed E-state index contributed by atoms with van der Waals surface area (Å²) in [5, 5.41) is 18.2. The van der Waals surface area contributed by atoms with Crippen LogP contribution < -0.4 is 0 Å². The van der Waals surface area contributed by atoms with E-state index in [1.54, 1.807) is 13.8 Å². The predicted octanol–water partition coefficient (Wildman–Crippen LogP) is 2.83. The number of thioether (sulfide) groups is 1. The molecule has 0 spiro atoms. The molecule has 0 saturated heterocycles. The fourth-order valence-electron chi connectivity index (χ4n) is 1.51. The van der Waals surface area contributed by atoms with Crippen LogP contribution in [0.3, 0.4) is 0 Å². The number of hydrogen-bond donors (Lipinski definition) is 0. The number of ether oxygens (including phenoxy) is 1. The van der Waals surface area contributed by atoms with E-state index in [1.165, 1.54) is 17.8 Å². The number of hydrogen-bond acceptors (Lipinski definition) is 6. The van der Waals surface area contributed by atoms with Crippen molar-refractivity contribution in [2.45, 2.75) is 31.7 Å². The van der Waals surface area contributed by atoms with Crippen LogP contribution in [0, 0.1) is 29.6 Å². The first-order valence-corrected chi connectivity index (χ1v) is 7.21. The van der Waals surface area contributed by atoms with Crippen molar-refractivity contribution in [3.05, 3.63) is 22.9 Å². The Bertz CT molecular complexity index is 573. The molecule has 104 valence electrons. The van der Waals surface area contributed by atoms with Crippen molar-refractivity contribution in [3.8, 4) is 12.1 Å². The van der Waals surface area contributed by atoms with Gasteiger partial charge >= 0.3 is 5.97 Å². The van der Waals surface area contributed by atoms with Gasteiger partial charge in [-0.1, -0.05) is 0 Å². The van der Waals surface area contributed by atoms with Gasteiger partial charge in [0.05, 0.1) is 29.5 Å². The Labute approximate surface area is 122 Å². The summed E-state index contributed by atoms with van der Waals surface area (Å²) < 4.78 is 4.93. The monoisotopic (exact) mass is 289 g/mol. The number of aromatic nitrogens is 1. The smallest absolute Gasteiger partial charge is 0.340 e. The third kappa shape index (κ3) is 4.25. The van der Waals surface area contributed by atoms with Crippen LogP contribution in [0.2, 0.25) is 0 Å². The molecule has 0 aliphatic heterocycles. The Balaban J connectivity index is 2.94. The van der Waals surface area contributed by atoms with Gasteiger partial charge in [-0.3, -0.25) is 0 Å². The van der Waals surface area contributed by atoms with Crippen molar-refractivity contribution < 1.29 is 9.53 Å². The summed E-state index contributed by atoms with van der Waals surface area (Å²) in [6.07, 6.45) is 1.22. The molecule has 1 rings (SSSR count). The van der Waals surface area contributed by atoms with E-state index in [2.05, 4.69) is 11.1 Å². The maximum absolute atomic E-state index is 11.7. The van der Waals surface area contributed by atoms with Gasteiger partial charge in [-0.05, 0) is 26.3 Å². The fourth-order valence-corrected chi connectivity index (χ4v) is 2.45. The normalized spacial score (nSPS) is 9.60. The third-order valence-corrected chi connectivity index (χ3v) is 3.54. The van der Waals surface area contributed by atoms with E-state index in [1.807, 2.05) is 6.07 Å². The van der Waals surface area contributed by atoms with Gasteiger partial charge in [-0.15, -0.1) is 11.8 Å². The fraction of sp³-hybridized carbons (Fsp3) is 0.429. The van der Waals surface area contributed by atoms with Crippen LogP contribution in [0.15, 0.2) is 11.1 Å². The number of esters is 1. The van der Waals surface area contributed by atoms with Crippen molar-refractivity contribution in [2.75, 3.05) is 12.4 Å². The van der Waals surface area contributed by atoms with Gasteiger partial charge < -0.3 is 4.74 Å². The van der Waals surface area contributed by atoms with E-state index in [0.717, 1.165) is 6.42 Å². The molecule has 1 aromatic rings. The number of nitriles is 2. The molecular formula is C14H15N3O2S. The number of carbonyl (C=O) groups excluding carboxylic acids is 1. The number of aryl methyl sites for hydroxylation is 1. The Kier molecular flexibility index (Phi) is 6.55. The van der Waals surface area contributed by atoms with Crippen LogP contribution in [-0.2, 0) is 4.74 Å². The van der Waals surface area contributed by atoms with Crippen LogP contribution in [0.25, 0.3) is 0 Å². The van der Waals surface area contributed by atoms with E-state index in [4.69, 9.17) is 15.3 Å². The second-order valence-electron chi connectivity index (χ2n) is 3.92. The van der Waals surface area contributed by atoms with E-state index in [-0.39, 0.29) is 6.61 Å². The molecular weight excluding hydrogens is 274 g/mol. The molecule has 1 aromatic heterocycles. The second kappa shape index (κ2) is 8.19.